The van der Waals surface area contributed by atoms with Crippen LogP contribution in [-0.2, 0) is 0 Å². The minimum Gasteiger partial charge on any atom is -0.310 e. The van der Waals surface area contributed by atoms with E-state index in [0.29, 0.717) is 6.04 Å². The van der Waals surface area contributed by atoms with Crippen molar-refractivity contribution < 1.29 is 0 Å². The van der Waals surface area contributed by atoms with Crippen LogP contribution >= 0.6 is 0 Å². The van der Waals surface area contributed by atoms with Crippen molar-refractivity contribution in [2.24, 2.45) is 5.92 Å². The summed E-state index contributed by atoms with van der Waals surface area (Å²) < 4.78 is 0. The maximum atomic E-state index is 3.89. The molecule has 1 rings (SSSR count). The van der Waals surface area contributed by atoms with E-state index in [9.17, 15) is 0 Å². The number of rotatable bonds is 4. The summed E-state index contributed by atoms with van der Waals surface area (Å²) in [6.07, 6.45) is 5.71. The fraction of sp³-hybridized carbons (Fsp3) is 0.818. The maximum absolute atomic E-state index is 3.89. The lowest BCUT2D eigenvalue weighted by Gasteiger charge is -2.20. The molecule has 1 heteroatoms. The van der Waals surface area contributed by atoms with Crippen LogP contribution in [0.15, 0.2) is 12.2 Å². The average Bonchev–Trinajstić information content (AvgIpc) is 2.51. The molecule has 0 amide bonds. The lowest BCUT2D eigenvalue weighted by molar-refractivity contribution is 0.392. The van der Waals surface area contributed by atoms with Crippen LogP contribution in [0.2, 0.25) is 0 Å². The second-order valence-corrected chi connectivity index (χ2v) is 4.17. The zero-order chi connectivity index (χ0) is 8.97. The molecule has 0 aliphatic heterocycles. The van der Waals surface area contributed by atoms with Crippen molar-refractivity contribution in [1.82, 2.24) is 5.32 Å². The van der Waals surface area contributed by atoms with E-state index in [1.54, 1.807) is 0 Å². The Morgan fingerprint density at radius 3 is 2.58 bits per heavy atom. The molecule has 1 N–H and O–H groups in total. The molecule has 0 spiro atoms. The van der Waals surface area contributed by atoms with Gasteiger partial charge in [0.25, 0.3) is 0 Å². The molecule has 1 aliphatic rings. The fourth-order valence-corrected chi connectivity index (χ4v) is 1.96. The molecular weight excluding hydrogens is 146 g/mol. The van der Waals surface area contributed by atoms with Crippen molar-refractivity contribution in [2.75, 3.05) is 6.54 Å². The summed E-state index contributed by atoms with van der Waals surface area (Å²) >= 11 is 0. The Bertz CT molecular complexity index is 145. The van der Waals surface area contributed by atoms with Gasteiger partial charge in [-0.3, -0.25) is 0 Å². The van der Waals surface area contributed by atoms with Gasteiger partial charge in [0.15, 0.2) is 0 Å². The van der Waals surface area contributed by atoms with Crippen LogP contribution in [-0.4, -0.2) is 12.6 Å². The van der Waals surface area contributed by atoms with E-state index in [2.05, 4.69) is 25.7 Å². The van der Waals surface area contributed by atoms with Crippen molar-refractivity contribution in [2.45, 2.75) is 45.6 Å². The summed E-state index contributed by atoms with van der Waals surface area (Å²) in [5.41, 5.74) is 1.24. The van der Waals surface area contributed by atoms with Gasteiger partial charge in [-0.1, -0.05) is 25.0 Å². The molecule has 0 heterocycles. The first-order valence-electron chi connectivity index (χ1n) is 5.08. The summed E-state index contributed by atoms with van der Waals surface area (Å²) in [5, 5.41) is 3.52. The van der Waals surface area contributed by atoms with Gasteiger partial charge < -0.3 is 5.32 Å². The third-order valence-corrected chi connectivity index (χ3v) is 2.83. The second-order valence-electron chi connectivity index (χ2n) is 4.17. The number of hydrogen-bond donors (Lipinski definition) is 1. The zero-order valence-corrected chi connectivity index (χ0v) is 8.40. The Hall–Kier alpha value is -0.300. The van der Waals surface area contributed by atoms with Crippen molar-refractivity contribution in [3.8, 4) is 0 Å². The molecule has 0 aromatic heterocycles. The summed E-state index contributed by atoms with van der Waals surface area (Å²) in [5.74, 6) is 0.921. The van der Waals surface area contributed by atoms with Crippen LogP contribution in [0.3, 0.4) is 0 Å². The predicted octanol–water partition coefficient (Wildman–Crippen LogP) is 2.73. The molecule has 1 fully saturated rings. The van der Waals surface area contributed by atoms with Crippen LogP contribution in [0, 0.1) is 5.92 Å². The minimum absolute atomic E-state index is 0.684. The number of nitrogens with one attached hydrogen (secondary N) is 1. The van der Waals surface area contributed by atoms with E-state index in [1.165, 1.54) is 31.3 Å². The van der Waals surface area contributed by atoms with Gasteiger partial charge in [0, 0.05) is 12.6 Å². The molecule has 12 heavy (non-hydrogen) atoms. The number of hydrogen-bond acceptors (Lipinski definition) is 1. The van der Waals surface area contributed by atoms with Gasteiger partial charge in [0.1, 0.15) is 0 Å². The van der Waals surface area contributed by atoms with Gasteiger partial charge in [0.2, 0.25) is 0 Å². The highest BCUT2D eigenvalue weighted by molar-refractivity contribution is 4.92. The van der Waals surface area contributed by atoms with Crippen molar-refractivity contribution in [3.63, 3.8) is 0 Å². The van der Waals surface area contributed by atoms with Gasteiger partial charge >= 0.3 is 0 Å². The smallest absolute Gasteiger partial charge is 0.0161 e. The molecule has 1 saturated carbocycles. The van der Waals surface area contributed by atoms with Crippen LogP contribution in [0.1, 0.15) is 39.5 Å². The van der Waals surface area contributed by atoms with Crippen LogP contribution in [0.25, 0.3) is 0 Å². The predicted molar refractivity (Wildman–Crippen MR) is 54.2 cm³/mol. The third-order valence-electron chi connectivity index (χ3n) is 2.83. The van der Waals surface area contributed by atoms with E-state index in [-0.39, 0.29) is 0 Å². The Morgan fingerprint density at radius 2 is 2.08 bits per heavy atom. The maximum Gasteiger partial charge on any atom is 0.0161 e. The Balaban J connectivity index is 2.17. The summed E-state index contributed by atoms with van der Waals surface area (Å²) in [7, 11) is 0. The zero-order valence-electron chi connectivity index (χ0n) is 8.40. The molecule has 0 aromatic rings. The SMILES string of the molecule is C=C(C)CNC(C)C1CCCC1. The van der Waals surface area contributed by atoms with E-state index < -0.39 is 0 Å². The van der Waals surface area contributed by atoms with Gasteiger partial charge in [-0.05, 0) is 32.6 Å². The second kappa shape index (κ2) is 4.66. The fourth-order valence-electron chi connectivity index (χ4n) is 1.96. The van der Waals surface area contributed by atoms with E-state index >= 15 is 0 Å². The molecule has 1 atom stereocenters. The summed E-state index contributed by atoms with van der Waals surface area (Å²) in [6, 6.07) is 0.684. The first-order valence-corrected chi connectivity index (χ1v) is 5.08. The highest BCUT2D eigenvalue weighted by atomic mass is 14.9. The van der Waals surface area contributed by atoms with Gasteiger partial charge in [-0.2, -0.15) is 0 Å². The monoisotopic (exact) mass is 167 g/mol. The van der Waals surface area contributed by atoms with Crippen LogP contribution in [0.5, 0.6) is 0 Å². The van der Waals surface area contributed by atoms with E-state index in [1.807, 2.05) is 0 Å². The third kappa shape index (κ3) is 2.98. The van der Waals surface area contributed by atoms with Crippen LogP contribution < -0.4 is 5.32 Å². The Labute approximate surface area is 76.2 Å². The standard InChI is InChI=1S/C11H21N/c1-9(2)8-12-10(3)11-6-4-5-7-11/h10-12H,1,4-8H2,2-3H3. The Morgan fingerprint density at radius 1 is 1.50 bits per heavy atom. The largest absolute Gasteiger partial charge is 0.310 e. The molecule has 0 aromatic carbocycles. The first kappa shape index (κ1) is 9.79. The van der Waals surface area contributed by atoms with Gasteiger partial charge in [0.05, 0.1) is 0 Å². The van der Waals surface area contributed by atoms with Gasteiger partial charge in [-0.25, -0.2) is 0 Å². The molecule has 0 saturated heterocycles. The molecule has 0 bridgehead atoms. The van der Waals surface area contributed by atoms with E-state index in [4.69, 9.17) is 0 Å². The molecule has 70 valence electrons. The van der Waals surface area contributed by atoms with Crippen molar-refractivity contribution in [1.29, 1.82) is 0 Å². The molecule has 1 unspecified atom stereocenters. The average molecular weight is 167 g/mol. The molecule has 0 radical (unpaired) electrons. The lowest BCUT2D eigenvalue weighted by Crippen LogP contribution is -2.33. The normalized spacial score (nSPS) is 21.2. The highest BCUT2D eigenvalue weighted by Crippen LogP contribution is 2.27. The quantitative estimate of drug-likeness (QED) is 0.635. The minimum atomic E-state index is 0.684. The van der Waals surface area contributed by atoms with Crippen LogP contribution in [0.4, 0.5) is 0 Å². The van der Waals surface area contributed by atoms with Gasteiger partial charge in [-0.15, -0.1) is 0 Å². The lowest BCUT2D eigenvalue weighted by atomic mass is 10.00. The Kier molecular flexibility index (Phi) is 3.80. The topological polar surface area (TPSA) is 12.0 Å². The first-order chi connectivity index (χ1) is 5.70. The van der Waals surface area contributed by atoms with Crippen molar-refractivity contribution in [3.05, 3.63) is 12.2 Å². The molecular formula is C11H21N. The highest BCUT2D eigenvalue weighted by Gasteiger charge is 2.20. The summed E-state index contributed by atoms with van der Waals surface area (Å²) in [4.78, 5) is 0. The summed E-state index contributed by atoms with van der Waals surface area (Å²) in [6.45, 7) is 9.26. The van der Waals surface area contributed by atoms with E-state index in [0.717, 1.165) is 12.5 Å². The van der Waals surface area contributed by atoms with Crippen molar-refractivity contribution >= 4 is 0 Å². The molecule has 1 nitrogen and oxygen atoms in total. The molecule has 1 aliphatic carbocycles.